The van der Waals surface area contributed by atoms with Gasteiger partial charge in [0.1, 0.15) is 18.8 Å². The first-order valence-electron chi connectivity index (χ1n) is 10.5. The van der Waals surface area contributed by atoms with Crippen molar-refractivity contribution in [3.05, 3.63) is 0 Å². The third-order valence-corrected chi connectivity index (χ3v) is 6.83. The van der Waals surface area contributed by atoms with E-state index in [1.807, 2.05) is 6.07 Å². The van der Waals surface area contributed by atoms with Crippen LogP contribution in [0.1, 0.15) is 44.9 Å². The van der Waals surface area contributed by atoms with Gasteiger partial charge in [-0.3, -0.25) is 9.59 Å². The number of amides is 2. The Balaban J connectivity index is 1.63. The molecule has 6 nitrogen and oxygen atoms in total. The van der Waals surface area contributed by atoms with Crippen LogP contribution in [-0.2, 0) is 9.59 Å². The maximum atomic E-state index is 14.6. The van der Waals surface area contributed by atoms with E-state index in [-0.39, 0.29) is 44.7 Å². The SMILES string of the molecule is N#CC1CCC(N2CC(=O)N(CC3CCC(C(F)(F)F)CC3)[C@@H](CO)C2=O)C(F)C1. The second kappa shape index (κ2) is 9.08. The molecule has 3 aliphatic rings. The van der Waals surface area contributed by atoms with Gasteiger partial charge in [0.25, 0.3) is 0 Å². The van der Waals surface area contributed by atoms with E-state index in [1.165, 1.54) is 9.80 Å². The van der Waals surface area contributed by atoms with E-state index >= 15 is 0 Å². The zero-order valence-corrected chi connectivity index (χ0v) is 16.7. The summed E-state index contributed by atoms with van der Waals surface area (Å²) in [5.74, 6) is -2.88. The molecule has 0 spiro atoms. The van der Waals surface area contributed by atoms with Gasteiger partial charge in [0.2, 0.25) is 11.8 Å². The van der Waals surface area contributed by atoms with Crippen molar-refractivity contribution < 1.29 is 32.3 Å². The summed E-state index contributed by atoms with van der Waals surface area (Å²) in [6.45, 7) is -0.812. The highest BCUT2D eigenvalue weighted by atomic mass is 19.4. The second-order valence-corrected chi connectivity index (χ2v) is 8.69. The third-order valence-electron chi connectivity index (χ3n) is 6.83. The summed E-state index contributed by atoms with van der Waals surface area (Å²) in [5, 5.41) is 18.7. The fourth-order valence-corrected chi connectivity index (χ4v) is 5.02. The van der Waals surface area contributed by atoms with Crippen LogP contribution < -0.4 is 0 Å². The first-order valence-corrected chi connectivity index (χ1v) is 10.5. The largest absolute Gasteiger partial charge is 0.394 e. The summed E-state index contributed by atoms with van der Waals surface area (Å²) in [6.07, 6.45) is -4.32. The standard InChI is InChI=1S/C20H27F4N3O3/c21-15-7-13(8-25)3-6-16(15)27-10-18(29)26(17(11-28)19(27)30)9-12-1-4-14(5-2-12)20(22,23)24/h12-17,28H,1-7,9-11H2/t12?,13?,14?,15?,16?,17-/m0/s1. The summed E-state index contributed by atoms with van der Waals surface area (Å²) in [4.78, 5) is 28.1. The van der Waals surface area contributed by atoms with Crippen LogP contribution in [0.3, 0.4) is 0 Å². The Labute approximate surface area is 172 Å². The van der Waals surface area contributed by atoms with Gasteiger partial charge < -0.3 is 14.9 Å². The van der Waals surface area contributed by atoms with Gasteiger partial charge in [0.05, 0.1) is 24.6 Å². The zero-order chi connectivity index (χ0) is 22.1. The molecule has 10 heteroatoms. The Hall–Kier alpha value is -1.89. The quantitative estimate of drug-likeness (QED) is 0.690. The van der Waals surface area contributed by atoms with Gasteiger partial charge in [-0.05, 0) is 50.9 Å². The Kier molecular flexibility index (Phi) is 6.90. The second-order valence-electron chi connectivity index (χ2n) is 8.69. The van der Waals surface area contributed by atoms with Gasteiger partial charge in [0, 0.05) is 12.5 Å². The number of hydrogen-bond acceptors (Lipinski definition) is 4. The lowest BCUT2D eigenvalue weighted by molar-refractivity contribution is -0.184. The van der Waals surface area contributed by atoms with Gasteiger partial charge in [-0.1, -0.05) is 0 Å². The predicted octanol–water partition coefficient (Wildman–Crippen LogP) is 2.42. The number of aliphatic hydroxyl groups is 1. The summed E-state index contributed by atoms with van der Waals surface area (Å²) in [7, 11) is 0. The molecule has 2 saturated carbocycles. The number of nitrogens with zero attached hydrogens (tertiary/aromatic N) is 3. The van der Waals surface area contributed by atoms with E-state index in [0.29, 0.717) is 19.3 Å². The fraction of sp³-hybridized carbons (Fsp3) is 0.850. The van der Waals surface area contributed by atoms with Crippen molar-refractivity contribution in [1.82, 2.24) is 9.80 Å². The summed E-state index contributed by atoms with van der Waals surface area (Å²) in [5.41, 5.74) is 0. The van der Waals surface area contributed by atoms with Gasteiger partial charge in [-0.15, -0.1) is 0 Å². The van der Waals surface area contributed by atoms with Crippen molar-refractivity contribution in [1.29, 1.82) is 5.26 Å². The van der Waals surface area contributed by atoms with Crippen molar-refractivity contribution in [2.24, 2.45) is 17.8 Å². The van der Waals surface area contributed by atoms with Gasteiger partial charge in [-0.25, -0.2) is 4.39 Å². The molecule has 0 aromatic rings. The number of alkyl halides is 4. The van der Waals surface area contributed by atoms with Crippen LogP contribution in [0.4, 0.5) is 17.6 Å². The Morgan fingerprint density at radius 3 is 2.30 bits per heavy atom. The van der Waals surface area contributed by atoms with Crippen LogP contribution in [0.15, 0.2) is 0 Å². The van der Waals surface area contributed by atoms with E-state index in [0.717, 1.165) is 0 Å². The van der Waals surface area contributed by atoms with Crippen LogP contribution in [0.2, 0.25) is 0 Å². The van der Waals surface area contributed by atoms with E-state index in [9.17, 15) is 32.3 Å². The van der Waals surface area contributed by atoms with Crippen molar-refractivity contribution in [2.45, 2.75) is 69.4 Å². The Bertz CT molecular complexity index is 688. The minimum atomic E-state index is -4.22. The summed E-state index contributed by atoms with van der Waals surface area (Å²) >= 11 is 0. The van der Waals surface area contributed by atoms with E-state index in [4.69, 9.17) is 5.26 Å². The van der Waals surface area contributed by atoms with Crippen molar-refractivity contribution in [3.63, 3.8) is 0 Å². The number of carbonyl (C=O) groups is 2. The fourth-order valence-electron chi connectivity index (χ4n) is 5.02. The van der Waals surface area contributed by atoms with Crippen LogP contribution in [-0.4, -0.2) is 70.8 Å². The molecule has 1 saturated heterocycles. The lowest BCUT2D eigenvalue weighted by atomic mass is 9.81. The van der Waals surface area contributed by atoms with Crippen molar-refractivity contribution in [3.8, 4) is 6.07 Å². The summed E-state index contributed by atoms with van der Waals surface area (Å²) in [6, 6.07) is 0.0863. The van der Waals surface area contributed by atoms with Crippen LogP contribution >= 0.6 is 0 Å². The zero-order valence-electron chi connectivity index (χ0n) is 16.7. The maximum Gasteiger partial charge on any atom is 0.391 e. The van der Waals surface area contributed by atoms with Crippen LogP contribution in [0.5, 0.6) is 0 Å². The molecule has 3 unspecified atom stereocenters. The third kappa shape index (κ3) is 4.71. The molecule has 0 aromatic carbocycles. The molecular weight excluding hydrogens is 406 g/mol. The number of piperazine rings is 1. The molecule has 2 amide bonds. The highest BCUT2D eigenvalue weighted by molar-refractivity contribution is 5.95. The molecule has 4 atom stereocenters. The molecule has 3 fully saturated rings. The van der Waals surface area contributed by atoms with E-state index in [2.05, 4.69) is 0 Å². The molecule has 0 aromatic heterocycles. The maximum absolute atomic E-state index is 14.6. The number of nitriles is 1. The normalized spacial score (nSPS) is 36.0. The minimum absolute atomic E-state index is 0.00821. The Morgan fingerprint density at radius 2 is 1.77 bits per heavy atom. The number of aliphatic hydroxyl groups excluding tert-OH is 1. The monoisotopic (exact) mass is 433 g/mol. The number of hydrogen-bond donors (Lipinski definition) is 1. The molecule has 168 valence electrons. The van der Waals surface area contributed by atoms with Gasteiger partial charge in [0.15, 0.2) is 0 Å². The molecule has 0 bridgehead atoms. The molecular formula is C20H27F4N3O3. The van der Waals surface area contributed by atoms with E-state index < -0.39 is 54.7 Å². The average molecular weight is 433 g/mol. The Morgan fingerprint density at radius 1 is 1.10 bits per heavy atom. The predicted molar refractivity (Wildman–Crippen MR) is 97.4 cm³/mol. The molecule has 1 heterocycles. The average Bonchev–Trinajstić information content (AvgIpc) is 2.70. The highest BCUT2D eigenvalue weighted by Crippen LogP contribution is 2.40. The number of halogens is 4. The molecule has 30 heavy (non-hydrogen) atoms. The molecule has 3 rings (SSSR count). The van der Waals surface area contributed by atoms with Crippen LogP contribution in [0.25, 0.3) is 0 Å². The van der Waals surface area contributed by atoms with Gasteiger partial charge >= 0.3 is 6.18 Å². The molecule has 0 radical (unpaired) electrons. The van der Waals surface area contributed by atoms with Crippen LogP contribution in [0, 0.1) is 29.1 Å². The first-order chi connectivity index (χ1) is 14.2. The topological polar surface area (TPSA) is 84.6 Å². The molecule has 1 aliphatic heterocycles. The minimum Gasteiger partial charge on any atom is -0.394 e. The first kappa shape index (κ1) is 22.8. The van der Waals surface area contributed by atoms with Crippen molar-refractivity contribution in [2.75, 3.05) is 19.7 Å². The van der Waals surface area contributed by atoms with E-state index in [1.54, 1.807) is 0 Å². The highest BCUT2D eigenvalue weighted by Gasteiger charge is 2.47. The number of rotatable bonds is 4. The molecule has 2 aliphatic carbocycles. The van der Waals surface area contributed by atoms with Crippen molar-refractivity contribution >= 4 is 11.8 Å². The molecule has 1 N–H and O–H groups in total. The lowest BCUT2D eigenvalue weighted by Gasteiger charge is -2.46. The van der Waals surface area contributed by atoms with Gasteiger partial charge in [-0.2, -0.15) is 18.4 Å². The smallest absolute Gasteiger partial charge is 0.391 e. The lowest BCUT2D eigenvalue weighted by Crippen LogP contribution is -2.65. The summed E-state index contributed by atoms with van der Waals surface area (Å²) < 4.78 is 53.2. The number of carbonyl (C=O) groups excluding carboxylic acids is 2.